The molecule has 8 nitrogen and oxygen atoms in total. The van der Waals surface area contributed by atoms with Crippen molar-refractivity contribution in [2.75, 3.05) is 18.5 Å². The minimum atomic E-state index is -0.669. The van der Waals surface area contributed by atoms with Crippen LogP contribution in [0.3, 0.4) is 0 Å². The molecular weight excluding hydrogens is 376 g/mol. The Kier molecular flexibility index (Phi) is 5.56. The molecule has 140 valence electrons. The van der Waals surface area contributed by atoms with Gasteiger partial charge in [-0.05, 0) is 36.2 Å². The number of carbonyl (C=O) groups excluding carboxylic acids is 2. The van der Waals surface area contributed by atoms with Crippen LogP contribution in [0.15, 0.2) is 42.5 Å². The third-order valence-electron chi connectivity index (χ3n) is 3.98. The lowest BCUT2D eigenvalue weighted by atomic mass is 9.97. The Hall–Kier alpha value is -3.13. The number of para-hydroxylation sites is 2. The first-order valence-electron chi connectivity index (χ1n) is 8.05. The van der Waals surface area contributed by atoms with E-state index in [1.165, 1.54) is 18.2 Å². The molecule has 1 amide bonds. The fraction of sp³-hybridized carbons (Fsp3) is 0.222. The van der Waals surface area contributed by atoms with Crippen LogP contribution in [-0.4, -0.2) is 30.0 Å². The molecular formula is C18H15ClN2O6. The second-order valence-electron chi connectivity index (χ2n) is 5.89. The molecule has 1 atom stereocenters. The number of esters is 1. The topological polar surface area (TPSA) is 108 Å². The molecule has 1 N–H and O–H groups in total. The lowest BCUT2D eigenvalue weighted by Gasteiger charge is -2.24. The van der Waals surface area contributed by atoms with Gasteiger partial charge in [0.05, 0.1) is 10.8 Å². The number of hydrogen-bond donors (Lipinski definition) is 1. The normalized spacial score (nSPS) is 15.2. The largest absolute Gasteiger partial charge is 0.492 e. The molecule has 0 aliphatic carbocycles. The van der Waals surface area contributed by atoms with Gasteiger partial charge in [0, 0.05) is 11.1 Å². The van der Waals surface area contributed by atoms with Crippen molar-refractivity contribution in [1.82, 2.24) is 0 Å². The van der Waals surface area contributed by atoms with Gasteiger partial charge in [-0.1, -0.05) is 23.7 Å². The van der Waals surface area contributed by atoms with Crippen LogP contribution in [-0.2, 0) is 20.7 Å². The van der Waals surface area contributed by atoms with E-state index in [1.807, 2.05) is 0 Å². The second-order valence-corrected chi connectivity index (χ2v) is 6.33. The number of hydrogen-bond acceptors (Lipinski definition) is 6. The minimum Gasteiger partial charge on any atom is -0.492 e. The number of nitro benzene ring substituents is 1. The number of nitrogens with zero attached hydrogens (tertiary/aromatic N) is 1. The Bertz CT molecular complexity index is 901. The number of benzene rings is 2. The summed E-state index contributed by atoms with van der Waals surface area (Å²) in [6.07, 6.45) is 0.389. The molecule has 1 heterocycles. The third-order valence-corrected chi connectivity index (χ3v) is 4.22. The van der Waals surface area contributed by atoms with Gasteiger partial charge in [-0.2, -0.15) is 0 Å². The number of carbonyl (C=O) groups is 2. The average molecular weight is 391 g/mol. The molecule has 0 fully saturated rings. The van der Waals surface area contributed by atoms with Crippen molar-refractivity contribution in [1.29, 1.82) is 0 Å². The molecule has 1 aliphatic heterocycles. The molecule has 0 spiro atoms. The van der Waals surface area contributed by atoms with Crippen LogP contribution in [0.2, 0.25) is 5.02 Å². The van der Waals surface area contributed by atoms with E-state index in [0.717, 1.165) is 5.56 Å². The fourth-order valence-corrected chi connectivity index (χ4v) is 2.89. The molecule has 0 saturated heterocycles. The van der Waals surface area contributed by atoms with Crippen LogP contribution < -0.4 is 10.1 Å². The highest BCUT2D eigenvalue weighted by Crippen LogP contribution is 2.30. The summed E-state index contributed by atoms with van der Waals surface area (Å²) in [4.78, 5) is 34.5. The number of halogens is 1. The van der Waals surface area contributed by atoms with Gasteiger partial charge in [-0.15, -0.1) is 0 Å². The number of ether oxygens (including phenoxy) is 2. The van der Waals surface area contributed by atoms with Crippen LogP contribution >= 0.6 is 11.6 Å². The Morgan fingerprint density at radius 2 is 2.07 bits per heavy atom. The first-order valence-corrected chi connectivity index (χ1v) is 8.43. The van der Waals surface area contributed by atoms with E-state index in [0.29, 0.717) is 17.2 Å². The molecule has 0 radical (unpaired) electrons. The SMILES string of the molecule is O=C(COC(=O)[C@H]1COc2ccc(Cl)cc2C1)Nc1ccccc1[N+](=O)[O-]. The molecule has 2 aromatic rings. The molecule has 2 aromatic carbocycles. The summed E-state index contributed by atoms with van der Waals surface area (Å²) in [5.74, 6) is -1.15. The minimum absolute atomic E-state index is 0.0353. The first kappa shape index (κ1) is 18.7. The maximum Gasteiger partial charge on any atom is 0.313 e. The van der Waals surface area contributed by atoms with Crippen LogP contribution in [0.25, 0.3) is 0 Å². The highest BCUT2D eigenvalue weighted by Gasteiger charge is 2.28. The summed E-state index contributed by atoms with van der Waals surface area (Å²) in [6.45, 7) is -0.414. The zero-order valence-electron chi connectivity index (χ0n) is 14.0. The molecule has 27 heavy (non-hydrogen) atoms. The van der Waals surface area contributed by atoms with Crippen LogP contribution in [0, 0.1) is 16.0 Å². The molecule has 0 saturated carbocycles. The summed E-state index contributed by atoms with van der Waals surface area (Å²) >= 11 is 5.95. The van der Waals surface area contributed by atoms with Crippen molar-refractivity contribution in [3.8, 4) is 5.75 Å². The van der Waals surface area contributed by atoms with Crippen molar-refractivity contribution < 1.29 is 24.0 Å². The van der Waals surface area contributed by atoms with E-state index in [1.54, 1.807) is 24.3 Å². The van der Waals surface area contributed by atoms with Crippen LogP contribution in [0.1, 0.15) is 5.56 Å². The molecule has 9 heteroatoms. The van der Waals surface area contributed by atoms with Crippen molar-refractivity contribution in [3.05, 3.63) is 63.2 Å². The van der Waals surface area contributed by atoms with E-state index in [9.17, 15) is 19.7 Å². The quantitative estimate of drug-likeness (QED) is 0.477. The number of amides is 1. The van der Waals surface area contributed by atoms with Gasteiger partial charge in [0.25, 0.3) is 11.6 Å². The average Bonchev–Trinajstić information content (AvgIpc) is 2.65. The van der Waals surface area contributed by atoms with Crippen LogP contribution in [0.4, 0.5) is 11.4 Å². The van der Waals surface area contributed by atoms with E-state index in [-0.39, 0.29) is 18.0 Å². The zero-order chi connectivity index (χ0) is 19.4. The molecule has 3 rings (SSSR count). The molecule has 0 aromatic heterocycles. The maximum atomic E-state index is 12.2. The van der Waals surface area contributed by atoms with E-state index < -0.39 is 29.3 Å². The van der Waals surface area contributed by atoms with Gasteiger partial charge in [-0.3, -0.25) is 19.7 Å². The monoisotopic (exact) mass is 390 g/mol. The number of nitrogens with one attached hydrogen (secondary N) is 1. The van der Waals surface area contributed by atoms with Crippen molar-refractivity contribution in [3.63, 3.8) is 0 Å². The van der Waals surface area contributed by atoms with Crippen molar-refractivity contribution in [2.45, 2.75) is 6.42 Å². The highest BCUT2D eigenvalue weighted by molar-refractivity contribution is 6.30. The zero-order valence-corrected chi connectivity index (χ0v) is 14.8. The standard InChI is InChI=1S/C18H15ClN2O6/c19-13-5-6-16-11(8-13)7-12(9-26-16)18(23)27-10-17(22)20-14-3-1-2-4-15(14)21(24)25/h1-6,8,12H,7,9-10H2,(H,20,22)/t12-/m1/s1. The molecule has 0 bridgehead atoms. The van der Waals surface area contributed by atoms with E-state index in [4.69, 9.17) is 21.1 Å². The lowest BCUT2D eigenvalue weighted by molar-refractivity contribution is -0.383. The van der Waals surface area contributed by atoms with Gasteiger partial charge < -0.3 is 14.8 Å². The Morgan fingerprint density at radius 1 is 1.30 bits per heavy atom. The summed E-state index contributed by atoms with van der Waals surface area (Å²) in [5, 5.41) is 13.9. The number of nitro groups is 1. The van der Waals surface area contributed by atoms with E-state index in [2.05, 4.69) is 5.32 Å². The Labute approximate surface area is 159 Å². The van der Waals surface area contributed by atoms with Crippen molar-refractivity contribution >= 4 is 34.9 Å². The first-order chi connectivity index (χ1) is 12.9. The summed E-state index contributed by atoms with van der Waals surface area (Å²) in [6, 6.07) is 10.9. The smallest absolute Gasteiger partial charge is 0.313 e. The summed E-state index contributed by atoms with van der Waals surface area (Å²) in [5.41, 5.74) is 0.583. The predicted octanol–water partition coefficient (Wildman–Crippen LogP) is 2.98. The fourth-order valence-electron chi connectivity index (χ4n) is 2.69. The third kappa shape index (κ3) is 4.53. The van der Waals surface area contributed by atoms with Gasteiger partial charge in [0.1, 0.15) is 18.0 Å². The van der Waals surface area contributed by atoms with Gasteiger partial charge in [0.15, 0.2) is 6.61 Å². The van der Waals surface area contributed by atoms with E-state index >= 15 is 0 Å². The van der Waals surface area contributed by atoms with Gasteiger partial charge in [-0.25, -0.2) is 0 Å². The lowest BCUT2D eigenvalue weighted by Crippen LogP contribution is -2.32. The van der Waals surface area contributed by atoms with Crippen molar-refractivity contribution in [2.24, 2.45) is 5.92 Å². The summed E-state index contributed by atoms with van der Waals surface area (Å²) in [7, 11) is 0. The molecule has 1 aliphatic rings. The summed E-state index contributed by atoms with van der Waals surface area (Å²) < 4.78 is 10.5. The maximum absolute atomic E-state index is 12.2. The second kappa shape index (κ2) is 8.05. The number of rotatable bonds is 5. The number of anilines is 1. The molecule has 0 unspecified atom stereocenters. The van der Waals surface area contributed by atoms with Gasteiger partial charge in [0.2, 0.25) is 0 Å². The predicted molar refractivity (Wildman–Crippen MR) is 96.8 cm³/mol. The number of fused-ring (bicyclic) bond motifs is 1. The Morgan fingerprint density at radius 3 is 2.85 bits per heavy atom. The highest BCUT2D eigenvalue weighted by atomic mass is 35.5. The van der Waals surface area contributed by atoms with Crippen LogP contribution in [0.5, 0.6) is 5.75 Å². The van der Waals surface area contributed by atoms with Gasteiger partial charge >= 0.3 is 5.97 Å². The Balaban J connectivity index is 1.55.